The zero-order valence-corrected chi connectivity index (χ0v) is 12.6. The summed E-state index contributed by atoms with van der Waals surface area (Å²) in [4.78, 5) is 14.7. The lowest BCUT2D eigenvalue weighted by Crippen LogP contribution is -2.41. The second kappa shape index (κ2) is 6.50. The van der Waals surface area contributed by atoms with Gasteiger partial charge in [0.25, 0.3) is 0 Å². The third-order valence-corrected chi connectivity index (χ3v) is 4.77. The number of fused-ring (bicyclic) bond motifs is 1. The van der Waals surface area contributed by atoms with Crippen molar-refractivity contribution >= 4 is 5.91 Å². The first kappa shape index (κ1) is 15.1. The summed E-state index contributed by atoms with van der Waals surface area (Å²) in [6.07, 6.45) is 8.73. The van der Waals surface area contributed by atoms with Crippen LogP contribution < -0.4 is 5.32 Å². The normalized spacial score (nSPS) is 22.1. The van der Waals surface area contributed by atoms with Crippen LogP contribution in [0.2, 0.25) is 0 Å². The van der Waals surface area contributed by atoms with E-state index in [9.17, 15) is 9.18 Å². The zero-order chi connectivity index (χ0) is 15.5. The Morgan fingerprint density at radius 2 is 2.14 bits per heavy atom. The lowest BCUT2D eigenvalue weighted by Gasteiger charge is -2.30. The molecule has 1 aliphatic heterocycles. The molecule has 0 aromatic heterocycles. The molecule has 0 spiro atoms. The molecule has 4 heteroatoms. The van der Waals surface area contributed by atoms with Crippen molar-refractivity contribution in [2.45, 2.75) is 31.7 Å². The molecule has 0 unspecified atom stereocenters. The van der Waals surface area contributed by atoms with Crippen molar-refractivity contribution in [1.29, 1.82) is 0 Å². The highest BCUT2D eigenvalue weighted by molar-refractivity contribution is 5.79. The molecule has 0 radical (unpaired) electrons. The smallest absolute Gasteiger partial charge is 0.223 e. The fraction of sp³-hybridized carbons (Fsp3) is 0.500. The van der Waals surface area contributed by atoms with Crippen molar-refractivity contribution < 1.29 is 9.18 Å². The van der Waals surface area contributed by atoms with Crippen LogP contribution >= 0.6 is 0 Å². The zero-order valence-electron chi connectivity index (χ0n) is 12.6. The summed E-state index contributed by atoms with van der Waals surface area (Å²) in [6.45, 7) is 2.43. The Bertz CT molecular complexity index is 600. The number of piperidine rings is 1. The van der Waals surface area contributed by atoms with E-state index < -0.39 is 0 Å². The van der Waals surface area contributed by atoms with Crippen molar-refractivity contribution in [1.82, 2.24) is 10.2 Å². The number of terminal acetylenes is 1. The number of amides is 1. The average molecular weight is 300 g/mol. The van der Waals surface area contributed by atoms with E-state index in [2.05, 4.69) is 16.1 Å². The van der Waals surface area contributed by atoms with E-state index in [1.807, 2.05) is 0 Å². The van der Waals surface area contributed by atoms with Gasteiger partial charge in [0.15, 0.2) is 0 Å². The Morgan fingerprint density at radius 3 is 2.86 bits per heavy atom. The van der Waals surface area contributed by atoms with Gasteiger partial charge in [0.05, 0.1) is 12.6 Å². The molecule has 1 saturated heterocycles. The van der Waals surface area contributed by atoms with Gasteiger partial charge in [-0.3, -0.25) is 9.69 Å². The number of halogens is 1. The first-order valence-electron chi connectivity index (χ1n) is 7.92. The average Bonchev–Trinajstić information content (AvgIpc) is 2.90. The molecule has 22 heavy (non-hydrogen) atoms. The van der Waals surface area contributed by atoms with Gasteiger partial charge in [-0.2, -0.15) is 0 Å². The number of benzene rings is 1. The summed E-state index contributed by atoms with van der Waals surface area (Å²) < 4.78 is 13.2. The lowest BCUT2D eigenvalue weighted by atomic mass is 9.95. The fourth-order valence-corrected chi connectivity index (χ4v) is 3.51. The number of nitrogens with one attached hydrogen (secondary N) is 1. The van der Waals surface area contributed by atoms with E-state index in [-0.39, 0.29) is 23.7 Å². The van der Waals surface area contributed by atoms with Crippen molar-refractivity contribution in [3.63, 3.8) is 0 Å². The maximum absolute atomic E-state index is 13.2. The summed E-state index contributed by atoms with van der Waals surface area (Å²) in [6, 6.07) is 4.89. The fourth-order valence-electron chi connectivity index (χ4n) is 3.51. The van der Waals surface area contributed by atoms with Gasteiger partial charge in [-0.25, -0.2) is 4.39 Å². The van der Waals surface area contributed by atoms with E-state index >= 15 is 0 Å². The Hall–Kier alpha value is -1.86. The highest BCUT2D eigenvalue weighted by Crippen LogP contribution is 2.32. The topological polar surface area (TPSA) is 32.3 Å². The minimum atomic E-state index is -0.202. The van der Waals surface area contributed by atoms with Crippen LogP contribution in [-0.4, -0.2) is 30.4 Å². The highest BCUT2D eigenvalue weighted by atomic mass is 19.1. The largest absolute Gasteiger partial charge is 0.349 e. The predicted molar refractivity (Wildman–Crippen MR) is 83.6 cm³/mol. The summed E-state index contributed by atoms with van der Waals surface area (Å²) in [5, 5.41) is 3.15. The third kappa shape index (κ3) is 3.15. The second-order valence-electron chi connectivity index (χ2n) is 6.20. The summed E-state index contributed by atoms with van der Waals surface area (Å²) in [5.41, 5.74) is 2.09. The van der Waals surface area contributed by atoms with Gasteiger partial charge in [0.2, 0.25) is 5.91 Å². The van der Waals surface area contributed by atoms with Crippen molar-refractivity contribution in [2.24, 2.45) is 5.92 Å². The summed E-state index contributed by atoms with van der Waals surface area (Å²) >= 11 is 0. The molecule has 1 atom stereocenters. The maximum Gasteiger partial charge on any atom is 0.223 e. The van der Waals surface area contributed by atoms with E-state index in [4.69, 9.17) is 6.42 Å². The quantitative estimate of drug-likeness (QED) is 0.869. The van der Waals surface area contributed by atoms with E-state index in [0.717, 1.165) is 49.9 Å². The van der Waals surface area contributed by atoms with Crippen LogP contribution in [0, 0.1) is 24.1 Å². The molecular formula is C18H21FN2O. The number of carbonyl (C=O) groups is 1. The van der Waals surface area contributed by atoms with Crippen LogP contribution in [0.15, 0.2) is 18.2 Å². The Balaban J connectivity index is 1.57. The molecule has 1 amide bonds. The van der Waals surface area contributed by atoms with E-state index in [0.29, 0.717) is 6.54 Å². The number of rotatable bonds is 3. The standard InChI is InChI=1S/C18H21FN2O/c1-2-9-21-10-7-13(8-11-21)18(22)20-17-6-3-14-12-15(19)4-5-16(14)17/h1,4-5,12-13,17H,3,6-11H2,(H,20,22)/t17-/m0/s1. The number of hydrogen-bond donors (Lipinski definition) is 1. The van der Waals surface area contributed by atoms with Crippen molar-refractivity contribution in [3.05, 3.63) is 35.1 Å². The molecule has 1 heterocycles. The number of hydrogen-bond acceptors (Lipinski definition) is 2. The van der Waals surface area contributed by atoms with E-state index in [1.165, 1.54) is 6.07 Å². The third-order valence-electron chi connectivity index (χ3n) is 4.77. The van der Waals surface area contributed by atoms with Crippen molar-refractivity contribution in [3.8, 4) is 12.3 Å². The molecule has 1 fully saturated rings. The molecule has 1 aromatic carbocycles. The van der Waals surface area contributed by atoms with Crippen LogP contribution in [0.25, 0.3) is 0 Å². The Kier molecular flexibility index (Phi) is 4.44. The van der Waals surface area contributed by atoms with E-state index in [1.54, 1.807) is 12.1 Å². The van der Waals surface area contributed by atoms with Crippen LogP contribution in [0.1, 0.15) is 36.4 Å². The number of carbonyl (C=O) groups excluding carboxylic acids is 1. The van der Waals surface area contributed by atoms with Crippen LogP contribution in [0.5, 0.6) is 0 Å². The first-order valence-corrected chi connectivity index (χ1v) is 7.92. The Labute approximate surface area is 130 Å². The van der Waals surface area contributed by atoms with Gasteiger partial charge in [-0.15, -0.1) is 6.42 Å². The molecule has 3 nitrogen and oxygen atoms in total. The molecule has 0 saturated carbocycles. The molecule has 3 rings (SSSR count). The molecule has 1 N–H and O–H groups in total. The van der Waals surface area contributed by atoms with Gasteiger partial charge in [0.1, 0.15) is 5.82 Å². The summed E-state index contributed by atoms with van der Waals surface area (Å²) in [5.74, 6) is 2.64. The van der Waals surface area contributed by atoms with Gasteiger partial charge >= 0.3 is 0 Å². The minimum absolute atomic E-state index is 0.0341. The molecule has 0 bridgehead atoms. The molecule has 116 valence electrons. The van der Waals surface area contributed by atoms with Crippen LogP contribution in [-0.2, 0) is 11.2 Å². The number of nitrogens with zero attached hydrogens (tertiary/aromatic N) is 1. The van der Waals surface area contributed by atoms with Gasteiger partial charge in [-0.05, 0) is 62.0 Å². The predicted octanol–water partition coefficient (Wildman–Crippen LogP) is 2.27. The SMILES string of the molecule is C#CCN1CCC(C(=O)N[C@H]2CCc3cc(F)ccc32)CC1. The van der Waals surface area contributed by atoms with Gasteiger partial charge in [0, 0.05) is 5.92 Å². The molecule has 1 aromatic rings. The second-order valence-corrected chi connectivity index (χ2v) is 6.20. The number of aryl methyl sites for hydroxylation is 1. The first-order chi connectivity index (χ1) is 10.7. The number of likely N-dealkylation sites (tertiary alicyclic amines) is 1. The van der Waals surface area contributed by atoms with Crippen LogP contribution in [0.3, 0.4) is 0 Å². The van der Waals surface area contributed by atoms with Crippen molar-refractivity contribution in [2.75, 3.05) is 19.6 Å². The van der Waals surface area contributed by atoms with Crippen LogP contribution in [0.4, 0.5) is 4.39 Å². The minimum Gasteiger partial charge on any atom is -0.349 e. The highest BCUT2D eigenvalue weighted by Gasteiger charge is 2.29. The monoisotopic (exact) mass is 300 g/mol. The van der Waals surface area contributed by atoms with Gasteiger partial charge in [-0.1, -0.05) is 12.0 Å². The molecule has 1 aliphatic carbocycles. The summed E-state index contributed by atoms with van der Waals surface area (Å²) in [7, 11) is 0. The lowest BCUT2D eigenvalue weighted by molar-refractivity contribution is -0.127. The maximum atomic E-state index is 13.2. The Morgan fingerprint density at radius 1 is 1.36 bits per heavy atom. The molecular weight excluding hydrogens is 279 g/mol. The molecule has 2 aliphatic rings. The van der Waals surface area contributed by atoms with Gasteiger partial charge < -0.3 is 5.32 Å².